The van der Waals surface area contributed by atoms with Gasteiger partial charge in [-0.15, -0.1) is 11.3 Å². The van der Waals surface area contributed by atoms with Gasteiger partial charge in [0.15, 0.2) is 0 Å². The molecule has 2 rings (SSSR count). The molecule has 21 heavy (non-hydrogen) atoms. The number of nitrogens with two attached hydrogens (primary N) is 1. The first-order chi connectivity index (χ1) is 10.1. The minimum atomic E-state index is -0.583. The van der Waals surface area contributed by atoms with Crippen molar-refractivity contribution in [1.29, 1.82) is 0 Å². The molecule has 0 fully saturated rings. The lowest BCUT2D eigenvalue weighted by atomic mass is 10.1. The molecule has 1 aromatic carbocycles. The van der Waals surface area contributed by atoms with Gasteiger partial charge in [0.05, 0.1) is 29.4 Å². The van der Waals surface area contributed by atoms with Crippen LogP contribution in [0.15, 0.2) is 23.6 Å². The number of aromatic nitrogens is 1. The molecular formula is C15H14FN3OS. The normalized spacial score (nSPS) is 9.86. The van der Waals surface area contributed by atoms with Crippen molar-refractivity contribution in [3.63, 3.8) is 0 Å². The van der Waals surface area contributed by atoms with Crippen LogP contribution in [0.5, 0.6) is 0 Å². The van der Waals surface area contributed by atoms with Crippen molar-refractivity contribution >= 4 is 17.2 Å². The zero-order chi connectivity index (χ0) is 15.2. The second kappa shape index (κ2) is 6.97. The van der Waals surface area contributed by atoms with Gasteiger partial charge in [-0.2, -0.15) is 0 Å². The first-order valence-electron chi connectivity index (χ1n) is 6.28. The van der Waals surface area contributed by atoms with E-state index in [0.29, 0.717) is 5.56 Å². The van der Waals surface area contributed by atoms with E-state index >= 15 is 0 Å². The monoisotopic (exact) mass is 303 g/mol. The minimum absolute atomic E-state index is 0.0363. The van der Waals surface area contributed by atoms with Gasteiger partial charge < -0.3 is 11.1 Å². The molecule has 4 nitrogen and oxygen atoms in total. The number of nitrogens with zero attached hydrogens (tertiary/aromatic N) is 1. The van der Waals surface area contributed by atoms with Gasteiger partial charge in [-0.25, -0.2) is 9.37 Å². The third-order valence-electron chi connectivity index (χ3n) is 2.64. The highest BCUT2D eigenvalue weighted by Crippen LogP contribution is 2.11. The molecule has 0 aliphatic carbocycles. The summed E-state index contributed by atoms with van der Waals surface area (Å²) in [6.45, 7) is 2.36. The maximum atomic E-state index is 13.7. The van der Waals surface area contributed by atoms with E-state index in [9.17, 15) is 9.18 Å². The van der Waals surface area contributed by atoms with Crippen molar-refractivity contribution in [2.24, 2.45) is 5.73 Å². The number of amides is 1. The number of thiazole rings is 1. The lowest BCUT2D eigenvalue weighted by molar-refractivity contribution is 0.0946. The van der Waals surface area contributed by atoms with Gasteiger partial charge in [-0.05, 0) is 25.1 Å². The molecule has 0 atom stereocenters. The lowest BCUT2D eigenvalue weighted by Crippen LogP contribution is -2.24. The summed E-state index contributed by atoms with van der Waals surface area (Å²) in [4.78, 5) is 16.3. The Morgan fingerprint density at radius 2 is 2.33 bits per heavy atom. The molecule has 0 saturated carbocycles. The molecule has 0 bridgehead atoms. The smallest absolute Gasteiger partial charge is 0.254 e. The van der Waals surface area contributed by atoms with Crippen LogP contribution >= 0.6 is 11.3 Å². The van der Waals surface area contributed by atoms with E-state index in [2.05, 4.69) is 22.1 Å². The quantitative estimate of drug-likeness (QED) is 0.850. The predicted molar refractivity (Wildman–Crippen MR) is 80.4 cm³/mol. The molecule has 1 amide bonds. The fourth-order valence-electron chi connectivity index (χ4n) is 1.69. The summed E-state index contributed by atoms with van der Waals surface area (Å²) in [5.41, 5.74) is 6.56. The van der Waals surface area contributed by atoms with Gasteiger partial charge in [0.25, 0.3) is 5.91 Å². The molecule has 0 spiro atoms. The second-order valence-electron chi connectivity index (χ2n) is 4.24. The maximum Gasteiger partial charge on any atom is 0.254 e. The van der Waals surface area contributed by atoms with Gasteiger partial charge in [0.1, 0.15) is 5.82 Å². The van der Waals surface area contributed by atoms with Crippen molar-refractivity contribution in [1.82, 2.24) is 10.3 Å². The van der Waals surface area contributed by atoms with E-state index in [1.807, 2.05) is 12.3 Å². The van der Waals surface area contributed by atoms with Crippen molar-refractivity contribution < 1.29 is 9.18 Å². The van der Waals surface area contributed by atoms with Crippen molar-refractivity contribution in [2.45, 2.75) is 13.5 Å². The average molecular weight is 303 g/mol. The van der Waals surface area contributed by atoms with Crippen molar-refractivity contribution in [3.05, 3.63) is 51.2 Å². The highest BCUT2D eigenvalue weighted by Gasteiger charge is 2.12. The summed E-state index contributed by atoms with van der Waals surface area (Å²) in [5.74, 6) is 4.36. The third kappa shape index (κ3) is 4.12. The number of carbonyl (C=O) groups excluding carboxylic acids is 1. The summed E-state index contributed by atoms with van der Waals surface area (Å²) < 4.78 is 13.7. The molecule has 108 valence electrons. The maximum absolute atomic E-state index is 13.7. The molecule has 0 radical (unpaired) electrons. The Bertz CT molecular complexity index is 715. The molecule has 0 saturated heterocycles. The average Bonchev–Trinajstić information content (AvgIpc) is 2.89. The minimum Gasteiger partial charge on any atom is -0.346 e. The molecule has 3 N–H and O–H groups in total. The van der Waals surface area contributed by atoms with Crippen LogP contribution in [-0.4, -0.2) is 17.4 Å². The van der Waals surface area contributed by atoms with E-state index in [4.69, 9.17) is 5.73 Å². The van der Waals surface area contributed by atoms with E-state index in [1.165, 1.54) is 29.5 Å². The number of rotatable bonds is 3. The lowest BCUT2D eigenvalue weighted by Gasteiger charge is -2.05. The Balaban J connectivity index is 2.10. The summed E-state index contributed by atoms with van der Waals surface area (Å²) in [7, 11) is 0. The summed E-state index contributed by atoms with van der Waals surface area (Å²) in [6, 6.07) is 4.15. The summed E-state index contributed by atoms with van der Waals surface area (Å²) in [5, 5.41) is 5.42. The standard InChI is InChI=1S/C15H14FN3OS/c1-10-19-12(9-21-10)8-18-15(20)13-7-11(3-2-6-17)4-5-14(13)16/h4-5,7,9H,6,8,17H2,1H3,(H,18,20). The first-order valence-corrected chi connectivity index (χ1v) is 7.16. The molecule has 6 heteroatoms. The number of halogens is 1. The van der Waals surface area contributed by atoms with Gasteiger partial charge >= 0.3 is 0 Å². The largest absolute Gasteiger partial charge is 0.346 e. The number of benzene rings is 1. The zero-order valence-electron chi connectivity index (χ0n) is 11.4. The van der Waals surface area contributed by atoms with E-state index in [0.717, 1.165) is 10.7 Å². The highest BCUT2D eigenvalue weighted by atomic mass is 32.1. The Morgan fingerprint density at radius 1 is 1.52 bits per heavy atom. The van der Waals surface area contributed by atoms with Crippen LogP contribution < -0.4 is 11.1 Å². The Labute approximate surface area is 126 Å². The molecule has 1 aromatic heterocycles. The number of nitrogens with one attached hydrogen (secondary N) is 1. The van der Waals surface area contributed by atoms with Crippen LogP contribution in [0.1, 0.15) is 26.6 Å². The van der Waals surface area contributed by atoms with Crippen LogP contribution in [-0.2, 0) is 6.54 Å². The molecule has 1 heterocycles. The Morgan fingerprint density at radius 3 is 3.00 bits per heavy atom. The van der Waals surface area contributed by atoms with Crippen molar-refractivity contribution in [3.8, 4) is 11.8 Å². The van der Waals surface area contributed by atoms with Gasteiger partial charge in [-0.1, -0.05) is 11.8 Å². The van der Waals surface area contributed by atoms with Crippen LogP contribution in [0, 0.1) is 24.6 Å². The van der Waals surface area contributed by atoms with Crippen LogP contribution in [0.4, 0.5) is 4.39 Å². The van der Waals surface area contributed by atoms with E-state index < -0.39 is 11.7 Å². The van der Waals surface area contributed by atoms with Gasteiger partial charge in [-0.3, -0.25) is 4.79 Å². The molecule has 2 aromatic rings. The Hall–Kier alpha value is -2.23. The molecule has 0 aliphatic heterocycles. The van der Waals surface area contributed by atoms with Crippen LogP contribution in [0.25, 0.3) is 0 Å². The van der Waals surface area contributed by atoms with Gasteiger partial charge in [0.2, 0.25) is 0 Å². The van der Waals surface area contributed by atoms with Crippen LogP contribution in [0.3, 0.4) is 0 Å². The fourth-order valence-corrected chi connectivity index (χ4v) is 2.30. The Kier molecular flexibility index (Phi) is 5.04. The number of hydrogen-bond donors (Lipinski definition) is 2. The topological polar surface area (TPSA) is 68.0 Å². The number of aryl methyl sites for hydroxylation is 1. The van der Waals surface area contributed by atoms with Crippen molar-refractivity contribution in [2.75, 3.05) is 6.54 Å². The number of carbonyl (C=O) groups is 1. The second-order valence-corrected chi connectivity index (χ2v) is 5.30. The molecular weight excluding hydrogens is 289 g/mol. The fraction of sp³-hybridized carbons (Fsp3) is 0.200. The molecule has 0 aliphatic rings. The molecule has 0 unspecified atom stereocenters. The third-order valence-corrected chi connectivity index (χ3v) is 3.46. The predicted octanol–water partition coefficient (Wildman–Crippen LogP) is 1.83. The SMILES string of the molecule is Cc1nc(CNC(=O)c2cc(C#CCN)ccc2F)cs1. The van der Waals surface area contributed by atoms with E-state index in [1.54, 1.807) is 0 Å². The number of hydrogen-bond acceptors (Lipinski definition) is 4. The summed E-state index contributed by atoms with van der Waals surface area (Å²) in [6.07, 6.45) is 0. The highest BCUT2D eigenvalue weighted by molar-refractivity contribution is 7.09. The summed E-state index contributed by atoms with van der Waals surface area (Å²) >= 11 is 1.50. The van der Waals surface area contributed by atoms with E-state index in [-0.39, 0.29) is 18.7 Å². The first kappa shape index (κ1) is 15.2. The zero-order valence-corrected chi connectivity index (χ0v) is 12.3. The van der Waals surface area contributed by atoms with Gasteiger partial charge in [0, 0.05) is 10.9 Å². The van der Waals surface area contributed by atoms with Crippen LogP contribution in [0.2, 0.25) is 0 Å².